The van der Waals surface area contributed by atoms with Crippen molar-refractivity contribution in [3.05, 3.63) is 34.5 Å². The lowest BCUT2D eigenvalue weighted by molar-refractivity contribution is -0.129. The van der Waals surface area contributed by atoms with Gasteiger partial charge >= 0.3 is 0 Å². The molecule has 3 nitrogen and oxygen atoms in total. The van der Waals surface area contributed by atoms with Gasteiger partial charge in [0.05, 0.1) is 0 Å². The first kappa shape index (κ1) is 10.7. The van der Waals surface area contributed by atoms with E-state index in [1.807, 2.05) is 23.1 Å². The first-order valence-corrected chi connectivity index (χ1v) is 6.07. The van der Waals surface area contributed by atoms with Crippen LogP contribution in [0.1, 0.15) is 18.2 Å². The number of halogens is 1. The first-order valence-electron chi connectivity index (χ1n) is 5.69. The molecular weight excluding hydrogens is 236 g/mol. The number of nitrogens with one attached hydrogen (secondary N) is 1. The van der Waals surface area contributed by atoms with Crippen LogP contribution >= 0.6 is 11.6 Å². The van der Waals surface area contributed by atoms with E-state index in [0.29, 0.717) is 6.54 Å². The Bertz CT molecular complexity index is 603. The highest BCUT2D eigenvalue weighted by atomic mass is 35.5. The molecule has 0 atom stereocenters. The monoisotopic (exact) mass is 248 g/mol. The van der Waals surface area contributed by atoms with Gasteiger partial charge in [-0.25, -0.2) is 0 Å². The Balaban J connectivity index is 2.12. The van der Waals surface area contributed by atoms with Crippen LogP contribution in [0.5, 0.6) is 0 Å². The summed E-state index contributed by atoms with van der Waals surface area (Å²) < 4.78 is 0. The lowest BCUT2D eigenvalue weighted by Crippen LogP contribution is -2.33. The maximum absolute atomic E-state index is 11.4. The van der Waals surface area contributed by atoms with Gasteiger partial charge in [-0.3, -0.25) is 4.79 Å². The number of aromatic nitrogens is 1. The van der Waals surface area contributed by atoms with Crippen molar-refractivity contribution in [1.82, 2.24) is 9.88 Å². The van der Waals surface area contributed by atoms with Crippen molar-refractivity contribution in [2.75, 3.05) is 6.54 Å². The van der Waals surface area contributed by atoms with Gasteiger partial charge in [0.1, 0.15) is 0 Å². The van der Waals surface area contributed by atoms with Crippen molar-refractivity contribution in [3.63, 3.8) is 0 Å². The van der Waals surface area contributed by atoms with Crippen LogP contribution in [0.4, 0.5) is 0 Å². The molecule has 0 spiro atoms. The summed E-state index contributed by atoms with van der Waals surface area (Å²) in [7, 11) is 0. The van der Waals surface area contributed by atoms with Crippen LogP contribution < -0.4 is 0 Å². The normalized spacial score (nSPS) is 15.1. The number of aromatic amines is 1. The number of fused-ring (bicyclic) bond motifs is 3. The summed E-state index contributed by atoms with van der Waals surface area (Å²) in [6.07, 6.45) is 0.890. The van der Waals surface area contributed by atoms with Crippen LogP contribution in [-0.4, -0.2) is 22.3 Å². The lowest BCUT2D eigenvalue weighted by Gasteiger charge is -2.25. The predicted molar refractivity (Wildman–Crippen MR) is 68.1 cm³/mol. The van der Waals surface area contributed by atoms with E-state index in [-0.39, 0.29) is 5.91 Å². The Morgan fingerprint density at radius 3 is 3.06 bits per heavy atom. The summed E-state index contributed by atoms with van der Waals surface area (Å²) in [6.45, 7) is 3.12. The highest BCUT2D eigenvalue weighted by Crippen LogP contribution is 2.29. The molecule has 0 aliphatic carbocycles. The van der Waals surface area contributed by atoms with Gasteiger partial charge in [0.2, 0.25) is 5.91 Å². The van der Waals surface area contributed by atoms with Gasteiger partial charge in [-0.05, 0) is 12.1 Å². The van der Waals surface area contributed by atoms with Crippen LogP contribution in [0, 0.1) is 0 Å². The number of hydrogen-bond acceptors (Lipinski definition) is 1. The van der Waals surface area contributed by atoms with E-state index in [1.54, 1.807) is 6.92 Å². The predicted octanol–water partition coefficient (Wildman–Crippen LogP) is 2.73. The Morgan fingerprint density at radius 2 is 2.29 bits per heavy atom. The molecule has 1 amide bonds. The topological polar surface area (TPSA) is 36.1 Å². The summed E-state index contributed by atoms with van der Waals surface area (Å²) >= 11 is 5.98. The summed E-state index contributed by atoms with van der Waals surface area (Å²) in [5, 5.41) is 1.91. The maximum Gasteiger partial charge on any atom is 0.219 e. The molecule has 4 heteroatoms. The average molecular weight is 249 g/mol. The lowest BCUT2D eigenvalue weighted by atomic mass is 10.0. The summed E-state index contributed by atoms with van der Waals surface area (Å²) in [5.41, 5.74) is 3.53. The second-order valence-corrected chi connectivity index (χ2v) is 4.90. The zero-order chi connectivity index (χ0) is 12.0. The molecule has 0 radical (unpaired) electrons. The minimum atomic E-state index is 0.138. The summed E-state index contributed by atoms with van der Waals surface area (Å²) in [4.78, 5) is 16.7. The number of benzene rings is 1. The van der Waals surface area contributed by atoms with Crippen LogP contribution in [-0.2, 0) is 17.8 Å². The minimum absolute atomic E-state index is 0.138. The molecule has 1 aliphatic rings. The fraction of sp³-hybridized carbons (Fsp3) is 0.308. The van der Waals surface area contributed by atoms with Crippen molar-refractivity contribution in [3.8, 4) is 0 Å². The molecule has 0 fully saturated rings. The molecule has 2 aromatic rings. The van der Waals surface area contributed by atoms with E-state index < -0.39 is 0 Å². The highest BCUT2D eigenvalue weighted by Gasteiger charge is 2.21. The van der Waals surface area contributed by atoms with Crippen LogP contribution in [0.2, 0.25) is 5.02 Å². The smallest absolute Gasteiger partial charge is 0.219 e. The fourth-order valence-corrected chi connectivity index (χ4v) is 2.64. The number of hydrogen-bond donors (Lipinski definition) is 1. The quantitative estimate of drug-likeness (QED) is 0.765. The summed E-state index contributed by atoms with van der Waals surface area (Å²) in [6, 6.07) is 5.86. The number of carbonyl (C=O) groups is 1. The molecule has 88 valence electrons. The third-order valence-electron chi connectivity index (χ3n) is 3.38. The van der Waals surface area contributed by atoms with Crippen LogP contribution in [0.25, 0.3) is 10.9 Å². The van der Waals surface area contributed by atoms with Gasteiger partial charge in [-0.2, -0.15) is 0 Å². The second kappa shape index (κ2) is 3.77. The van der Waals surface area contributed by atoms with Crippen molar-refractivity contribution in [2.24, 2.45) is 0 Å². The van der Waals surface area contributed by atoms with E-state index in [0.717, 1.165) is 23.5 Å². The van der Waals surface area contributed by atoms with Crippen molar-refractivity contribution < 1.29 is 4.79 Å². The highest BCUT2D eigenvalue weighted by molar-refractivity contribution is 6.31. The van der Waals surface area contributed by atoms with E-state index in [4.69, 9.17) is 11.6 Å². The number of rotatable bonds is 0. The molecule has 0 saturated heterocycles. The SMILES string of the molecule is CC(=O)N1CCc2[nH]c3cc(Cl)ccc3c2C1. The average Bonchev–Trinajstić information content (AvgIpc) is 2.64. The second-order valence-electron chi connectivity index (χ2n) is 4.46. The van der Waals surface area contributed by atoms with E-state index in [2.05, 4.69) is 4.98 Å². The number of carbonyl (C=O) groups excluding carboxylic acids is 1. The molecule has 1 aliphatic heterocycles. The largest absolute Gasteiger partial charge is 0.358 e. The van der Waals surface area contributed by atoms with Gasteiger partial charge in [0.15, 0.2) is 0 Å². The number of amides is 1. The zero-order valence-corrected chi connectivity index (χ0v) is 10.3. The third kappa shape index (κ3) is 1.71. The van der Waals surface area contributed by atoms with Gasteiger partial charge in [-0.15, -0.1) is 0 Å². The van der Waals surface area contributed by atoms with E-state index >= 15 is 0 Å². The zero-order valence-electron chi connectivity index (χ0n) is 9.59. The Hall–Kier alpha value is -1.48. The molecule has 1 aromatic carbocycles. The molecule has 1 aromatic heterocycles. The summed E-state index contributed by atoms with van der Waals surface area (Å²) in [5.74, 6) is 0.138. The molecule has 2 heterocycles. The van der Waals surface area contributed by atoms with Crippen molar-refractivity contribution in [1.29, 1.82) is 0 Å². The third-order valence-corrected chi connectivity index (χ3v) is 3.62. The van der Waals surface area contributed by atoms with Crippen LogP contribution in [0.15, 0.2) is 18.2 Å². The van der Waals surface area contributed by atoms with Gasteiger partial charge in [0.25, 0.3) is 0 Å². The van der Waals surface area contributed by atoms with Crippen molar-refractivity contribution in [2.45, 2.75) is 19.9 Å². The number of nitrogens with zero attached hydrogens (tertiary/aromatic N) is 1. The van der Waals surface area contributed by atoms with Gasteiger partial charge in [-0.1, -0.05) is 17.7 Å². The molecule has 1 N–H and O–H groups in total. The maximum atomic E-state index is 11.4. The molecule has 0 saturated carbocycles. The molecule has 17 heavy (non-hydrogen) atoms. The van der Waals surface area contributed by atoms with Gasteiger partial charge < -0.3 is 9.88 Å². The molecular formula is C13H13ClN2O. The Morgan fingerprint density at radius 1 is 1.47 bits per heavy atom. The van der Waals surface area contributed by atoms with E-state index in [9.17, 15) is 4.79 Å². The standard InChI is InChI=1S/C13H13ClN2O/c1-8(17)16-5-4-12-11(7-16)10-3-2-9(14)6-13(10)15-12/h2-3,6,15H,4-5,7H2,1H3. The minimum Gasteiger partial charge on any atom is -0.358 e. The molecule has 3 rings (SSSR count). The fourth-order valence-electron chi connectivity index (χ4n) is 2.46. The Labute approximate surface area is 104 Å². The van der Waals surface area contributed by atoms with Crippen LogP contribution in [0.3, 0.4) is 0 Å². The molecule has 0 unspecified atom stereocenters. The van der Waals surface area contributed by atoms with Crippen molar-refractivity contribution >= 4 is 28.4 Å². The van der Waals surface area contributed by atoms with E-state index in [1.165, 1.54) is 16.6 Å². The molecule has 0 bridgehead atoms. The Kier molecular flexibility index (Phi) is 2.37. The van der Waals surface area contributed by atoms with Gasteiger partial charge in [0, 0.05) is 53.6 Å². The number of H-pyrrole nitrogens is 1. The first-order chi connectivity index (χ1) is 8.15.